The van der Waals surface area contributed by atoms with Crippen LogP contribution in [-0.4, -0.2) is 14.7 Å². The topological polar surface area (TPSA) is 70.2 Å². The van der Waals surface area contributed by atoms with E-state index in [1.807, 2.05) is 30.3 Å². The molecule has 0 fully saturated rings. The van der Waals surface area contributed by atoms with Crippen molar-refractivity contribution in [2.45, 2.75) is 19.3 Å². The first-order valence-electron chi connectivity index (χ1n) is 7.87. The van der Waals surface area contributed by atoms with Crippen molar-refractivity contribution < 1.29 is 22.8 Å². The van der Waals surface area contributed by atoms with E-state index in [9.17, 15) is 23.3 Å². The molecule has 9 heteroatoms. The van der Waals surface area contributed by atoms with Crippen molar-refractivity contribution in [2.75, 3.05) is 0 Å². The minimum absolute atomic E-state index is 0.0236. The lowest BCUT2D eigenvalue weighted by Crippen LogP contribution is -2.08. The molecule has 0 bridgehead atoms. The van der Waals surface area contributed by atoms with E-state index in [0.717, 1.165) is 16.3 Å². The van der Waals surface area contributed by atoms with E-state index in [0.29, 0.717) is 5.56 Å². The molecule has 1 aromatic heterocycles. The lowest BCUT2D eigenvalue weighted by atomic mass is 10.2. The quantitative estimate of drug-likeness (QED) is 0.470. The van der Waals surface area contributed by atoms with Crippen LogP contribution in [0.15, 0.2) is 60.8 Å². The number of nitro benzene ring substituents is 1. The molecule has 0 amide bonds. The molecule has 0 radical (unpaired) electrons. The second kappa shape index (κ2) is 7.48. The van der Waals surface area contributed by atoms with Crippen molar-refractivity contribution >= 4 is 5.69 Å². The minimum atomic E-state index is -4.52. The Hall–Kier alpha value is -3.36. The highest BCUT2D eigenvalue weighted by molar-refractivity contribution is 5.48. The molecule has 3 rings (SSSR count). The summed E-state index contributed by atoms with van der Waals surface area (Å²) >= 11 is 0. The SMILES string of the molecule is O=[N+]([O-])c1ccc(Cn2ccc(C(F)(F)F)n2)cc1OCc1ccccc1. The smallest absolute Gasteiger partial charge is 0.435 e. The Morgan fingerprint density at radius 3 is 2.44 bits per heavy atom. The van der Waals surface area contributed by atoms with Crippen LogP contribution in [0.4, 0.5) is 18.9 Å². The van der Waals surface area contributed by atoms with Gasteiger partial charge in [0.05, 0.1) is 11.5 Å². The summed E-state index contributed by atoms with van der Waals surface area (Å²) in [5, 5.41) is 14.7. The summed E-state index contributed by atoms with van der Waals surface area (Å²) in [7, 11) is 0. The molecular weight excluding hydrogens is 363 g/mol. The molecule has 1 heterocycles. The molecule has 0 saturated heterocycles. The lowest BCUT2D eigenvalue weighted by molar-refractivity contribution is -0.386. The highest BCUT2D eigenvalue weighted by Crippen LogP contribution is 2.30. The van der Waals surface area contributed by atoms with Crippen LogP contribution < -0.4 is 4.74 Å². The molecule has 0 aliphatic rings. The van der Waals surface area contributed by atoms with Gasteiger partial charge in [-0.05, 0) is 23.3 Å². The van der Waals surface area contributed by atoms with Crippen LogP contribution in [0.25, 0.3) is 0 Å². The number of halogens is 3. The highest BCUT2D eigenvalue weighted by Gasteiger charge is 2.33. The standard InChI is InChI=1S/C18H14F3N3O3/c19-18(20,21)17-8-9-23(22-17)11-14-6-7-15(24(25)26)16(10-14)27-12-13-4-2-1-3-5-13/h1-10H,11-12H2. The Labute approximate surface area is 152 Å². The van der Waals surface area contributed by atoms with Crippen molar-refractivity contribution in [1.29, 1.82) is 0 Å². The molecule has 0 N–H and O–H groups in total. The van der Waals surface area contributed by atoms with Gasteiger partial charge in [-0.2, -0.15) is 18.3 Å². The number of aromatic nitrogens is 2. The normalized spacial score (nSPS) is 11.4. The first-order valence-corrected chi connectivity index (χ1v) is 7.87. The van der Waals surface area contributed by atoms with Crippen molar-refractivity contribution in [2.24, 2.45) is 0 Å². The van der Waals surface area contributed by atoms with E-state index >= 15 is 0 Å². The maximum atomic E-state index is 12.6. The van der Waals surface area contributed by atoms with Crippen molar-refractivity contribution in [3.63, 3.8) is 0 Å². The van der Waals surface area contributed by atoms with Gasteiger partial charge in [0.15, 0.2) is 11.4 Å². The molecule has 27 heavy (non-hydrogen) atoms. The van der Waals surface area contributed by atoms with E-state index < -0.39 is 16.8 Å². The van der Waals surface area contributed by atoms with Gasteiger partial charge in [-0.25, -0.2) is 0 Å². The van der Waals surface area contributed by atoms with Gasteiger partial charge in [0, 0.05) is 12.3 Å². The predicted molar refractivity (Wildman–Crippen MR) is 90.2 cm³/mol. The van der Waals surface area contributed by atoms with Gasteiger partial charge in [-0.1, -0.05) is 36.4 Å². The number of alkyl halides is 3. The highest BCUT2D eigenvalue weighted by atomic mass is 19.4. The van der Waals surface area contributed by atoms with Gasteiger partial charge in [0.1, 0.15) is 6.61 Å². The van der Waals surface area contributed by atoms with Gasteiger partial charge in [0.25, 0.3) is 0 Å². The predicted octanol–water partition coefficient (Wildman–Crippen LogP) is 4.44. The molecule has 6 nitrogen and oxygen atoms in total. The summed E-state index contributed by atoms with van der Waals surface area (Å²) in [6.45, 7) is 0.154. The molecule has 0 atom stereocenters. The van der Waals surface area contributed by atoms with Gasteiger partial charge < -0.3 is 4.74 Å². The second-order valence-electron chi connectivity index (χ2n) is 5.73. The zero-order valence-corrected chi connectivity index (χ0v) is 13.9. The third-order valence-electron chi connectivity index (χ3n) is 3.73. The number of hydrogen-bond acceptors (Lipinski definition) is 4. The summed E-state index contributed by atoms with van der Waals surface area (Å²) in [5.74, 6) is 0.0459. The molecule has 0 spiro atoms. The van der Waals surface area contributed by atoms with Gasteiger partial charge in [-0.3, -0.25) is 14.8 Å². The Balaban J connectivity index is 1.80. The van der Waals surface area contributed by atoms with Gasteiger partial charge in [-0.15, -0.1) is 0 Å². The summed E-state index contributed by atoms with van der Waals surface area (Å²) in [6.07, 6.45) is -3.32. The van der Waals surface area contributed by atoms with Crippen LogP contribution in [0.3, 0.4) is 0 Å². The Kier molecular flexibility index (Phi) is 5.11. The number of hydrogen-bond donors (Lipinski definition) is 0. The summed E-state index contributed by atoms with van der Waals surface area (Å²) in [5.41, 5.74) is 0.149. The Morgan fingerprint density at radius 1 is 1.07 bits per heavy atom. The van der Waals surface area contributed by atoms with Gasteiger partial charge in [0.2, 0.25) is 0 Å². The van der Waals surface area contributed by atoms with E-state index in [4.69, 9.17) is 4.74 Å². The molecule has 0 aliphatic heterocycles. The third-order valence-corrected chi connectivity index (χ3v) is 3.73. The zero-order valence-electron chi connectivity index (χ0n) is 13.9. The monoisotopic (exact) mass is 377 g/mol. The van der Waals surface area contributed by atoms with Crippen LogP contribution in [0.2, 0.25) is 0 Å². The first-order chi connectivity index (χ1) is 12.8. The summed E-state index contributed by atoms with van der Waals surface area (Å²) in [6, 6.07) is 14.2. The largest absolute Gasteiger partial charge is 0.482 e. The molecular formula is C18H14F3N3O3. The van der Waals surface area contributed by atoms with E-state index in [-0.39, 0.29) is 24.6 Å². The van der Waals surface area contributed by atoms with Crippen LogP contribution in [-0.2, 0) is 19.3 Å². The molecule has 2 aromatic carbocycles. The number of nitro groups is 1. The zero-order chi connectivity index (χ0) is 19.4. The third kappa shape index (κ3) is 4.63. The van der Waals surface area contributed by atoms with Gasteiger partial charge >= 0.3 is 11.9 Å². The van der Waals surface area contributed by atoms with Crippen LogP contribution >= 0.6 is 0 Å². The van der Waals surface area contributed by atoms with Crippen molar-refractivity contribution in [1.82, 2.24) is 9.78 Å². The Morgan fingerprint density at radius 2 is 1.81 bits per heavy atom. The fourth-order valence-corrected chi connectivity index (χ4v) is 2.45. The number of rotatable bonds is 6. The average molecular weight is 377 g/mol. The van der Waals surface area contributed by atoms with Crippen LogP contribution in [0, 0.1) is 10.1 Å². The van der Waals surface area contributed by atoms with Crippen LogP contribution in [0.1, 0.15) is 16.8 Å². The lowest BCUT2D eigenvalue weighted by Gasteiger charge is -2.09. The molecule has 0 saturated carbocycles. The minimum Gasteiger partial charge on any atom is -0.482 e. The van der Waals surface area contributed by atoms with Crippen molar-refractivity contribution in [3.8, 4) is 5.75 Å². The number of nitrogens with zero attached hydrogens (tertiary/aromatic N) is 3. The fourth-order valence-electron chi connectivity index (χ4n) is 2.45. The number of benzene rings is 2. The molecule has 3 aromatic rings. The van der Waals surface area contributed by atoms with Crippen LogP contribution in [0.5, 0.6) is 5.75 Å². The maximum absolute atomic E-state index is 12.6. The average Bonchev–Trinajstić information content (AvgIpc) is 3.10. The summed E-state index contributed by atoms with van der Waals surface area (Å²) in [4.78, 5) is 10.6. The first kappa shape index (κ1) is 18.4. The van der Waals surface area contributed by atoms with Crippen molar-refractivity contribution in [3.05, 3.63) is 87.7 Å². The van der Waals surface area contributed by atoms with E-state index in [1.54, 1.807) is 0 Å². The summed E-state index contributed by atoms with van der Waals surface area (Å²) < 4.78 is 44.6. The maximum Gasteiger partial charge on any atom is 0.435 e. The molecule has 0 unspecified atom stereocenters. The molecule has 0 aliphatic carbocycles. The molecule has 140 valence electrons. The second-order valence-corrected chi connectivity index (χ2v) is 5.73. The fraction of sp³-hybridized carbons (Fsp3) is 0.167. The van der Waals surface area contributed by atoms with E-state index in [1.165, 1.54) is 24.4 Å². The van der Waals surface area contributed by atoms with E-state index in [2.05, 4.69) is 5.10 Å². The number of ether oxygens (including phenoxy) is 1. The Bertz CT molecular complexity index is 940.